The minimum Gasteiger partial charge on any atom is -0.462 e. The SMILES string of the molecule is CC/C=C\C/C=C\C/C=C\C/C=C\C/C=C\C/C=C\C/C=C\C/C=C\C/C=C\C/C=C\CCCCCCCCC(=O)OC(COC(=O)CCCCCCCCCCCCCCCCCCCCC/C=C\C/C=C\C/C=C\C/C=C\C/C=C\CC)COP(=O)(O)OCC[N+](C)(C)C. The minimum absolute atomic E-state index is 0.0207. The Bertz CT molecular complexity index is 2280. The Morgan fingerprint density at radius 3 is 0.833 bits per heavy atom. The number of carbonyl (C=O) groups is 2. The van der Waals surface area contributed by atoms with E-state index in [1.54, 1.807) is 0 Å². The van der Waals surface area contributed by atoms with E-state index in [9.17, 15) is 19.0 Å². The van der Waals surface area contributed by atoms with Crippen LogP contribution < -0.4 is 0 Å². The fraction of sp³-hybridized carbons (Fsp3) is 0.628. The van der Waals surface area contributed by atoms with Gasteiger partial charge in [0.05, 0.1) is 27.7 Å². The van der Waals surface area contributed by atoms with Gasteiger partial charge in [0, 0.05) is 12.8 Å². The van der Waals surface area contributed by atoms with E-state index in [0.717, 1.165) is 154 Å². The number of hydrogen-bond donors (Lipinski definition) is 1. The van der Waals surface area contributed by atoms with Crippen molar-refractivity contribution in [1.82, 2.24) is 0 Å². The smallest absolute Gasteiger partial charge is 0.462 e. The van der Waals surface area contributed by atoms with Crippen molar-refractivity contribution in [2.75, 3.05) is 47.5 Å². The van der Waals surface area contributed by atoms with Crippen LogP contribution in [0.15, 0.2) is 182 Å². The Morgan fingerprint density at radius 1 is 0.323 bits per heavy atom. The third kappa shape index (κ3) is 78.1. The molecule has 9 nitrogen and oxygen atoms in total. The monoisotopic (exact) mass is 1350 g/mol. The summed E-state index contributed by atoms with van der Waals surface area (Å²) < 4.78 is 34.8. The summed E-state index contributed by atoms with van der Waals surface area (Å²) in [7, 11) is 1.45. The van der Waals surface area contributed by atoms with Gasteiger partial charge in [-0.2, -0.15) is 0 Å². The van der Waals surface area contributed by atoms with Crippen LogP contribution in [0.3, 0.4) is 0 Å². The van der Waals surface area contributed by atoms with E-state index in [1.807, 2.05) is 21.1 Å². The second-order valence-corrected chi connectivity index (χ2v) is 27.7. The van der Waals surface area contributed by atoms with Crippen LogP contribution in [0.1, 0.15) is 296 Å². The molecule has 0 aliphatic carbocycles. The molecule has 10 heteroatoms. The second kappa shape index (κ2) is 74.3. The number of quaternary nitrogens is 1. The average molecular weight is 1350 g/mol. The maximum Gasteiger partial charge on any atom is 0.472 e. The van der Waals surface area contributed by atoms with Gasteiger partial charge < -0.3 is 18.9 Å². The van der Waals surface area contributed by atoms with Gasteiger partial charge in [-0.15, -0.1) is 0 Å². The number of unbranched alkanes of at least 4 members (excludes halogenated alkanes) is 25. The Balaban J connectivity index is 4.08. The zero-order valence-corrected chi connectivity index (χ0v) is 62.9. The summed E-state index contributed by atoms with van der Waals surface area (Å²) in [6.45, 7) is 4.19. The number of hydrogen-bond acceptors (Lipinski definition) is 7. The van der Waals surface area contributed by atoms with E-state index in [-0.39, 0.29) is 32.0 Å². The Morgan fingerprint density at radius 2 is 0.562 bits per heavy atom. The molecule has 2 unspecified atom stereocenters. The van der Waals surface area contributed by atoms with Gasteiger partial charge in [0.15, 0.2) is 6.10 Å². The van der Waals surface area contributed by atoms with Crippen LogP contribution in [0.5, 0.6) is 0 Å². The Hall–Kier alpha value is -4.89. The highest BCUT2D eigenvalue weighted by Gasteiger charge is 2.27. The van der Waals surface area contributed by atoms with Gasteiger partial charge in [-0.05, 0) is 135 Å². The zero-order chi connectivity index (χ0) is 69.7. The molecule has 2 atom stereocenters. The van der Waals surface area contributed by atoms with E-state index in [4.69, 9.17) is 18.5 Å². The molecular weight excluding hydrogens is 1210 g/mol. The van der Waals surface area contributed by atoms with Gasteiger partial charge in [0.2, 0.25) is 0 Å². The van der Waals surface area contributed by atoms with Crippen molar-refractivity contribution in [3.63, 3.8) is 0 Å². The van der Waals surface area contributed by atoms with Gasteiger partial charge in [-0.1, -0.05) is 331 Å². The second-order valence-electron chi connectivity index (χ2n) is 26.3. The molecule has 0 aromatic rings. The molecule has 0 spiro atoms. The summed E-state index contributed by atoms with van der Waals surface area (Å²) in [5.74, 6) is -0.817. The molecule has 96 heavy (non-hydrogen) atoms. The number of ether oxygens (including phenoxy) is 2. The molecule has 0 bridgehead atoms. The predicted molar refractivity (Wildman–Crippen MR) is 417 cm³/mol. The number of likely N-dealkylation sites (N-methyl/N-ethyl adjacent to an activating group) is 1. The summed E-state index contributed by atoms with van der Waals surface area (Å²) in [6, 6.07) is 0. The van der Waals surface area contributed by atoms with Gasteiger partial charge >= 0.3 is 19.8 Å². The van der Waals surface area contributed by atoms with Crippen LogP contribution in [0, 0.1) is 0 Å². The molecular formula is C86H143NO8P+. The summed E-state index contributed by atoms with van der Waals surface area (Å²) in [4.78, 5) is 36.0. The Labute approximate surface area is 591 Å². The molecule has 0 aromatic carbocycles. The molecule has 0 amide bonds. The van der Waals surface area contributed by atoms with Crippen molar-refractivity contribution in [2.24, 2.45) is 0 Å². The quantitative estimate of drug-likeness (QED) is 0.0211. The molecule has 0 heterocycles. The fourth-order valence-corrected chi connectivity index (χ4v) is 10.9. The minimum atomic E-state index is -4.41. The molecule has 0 radical (unpaired) electrons. The molecule has 0 saturated heterocycles. The fourth-order valence-electron chi connectivity index (χ4n) is 10.1. The largest absolute Gasteiger partial charge is 0.472 e. The molecule has 0 aliphatic heterocycles. The average Bonchev–Trinajstić information content (AvgIpc) is 2.72. The normalized spacial score (nSPS) is 14.1. The van der Waals surface area contributed by atoms with Crippen molar-refractivity contribution >= 4 is 19.8 Å². The molecule has 1 N–H and O–H groups in total. The van der Waals surface area contributed by atoms with Crippen LogP contribution in [-0.4, -0.2) is 74.9 Å². The highest BCUT2D eigenvalue weighted by Crippen LogP contribution is 2.43. The van der Waals surface area contributed by atoms with Crippen molar-refractivity contribution < 1.29 is 42.1 Å². The highest BCUT2D eigenvalue weighted by atomic mass is 31.2. The maximum atomic E-state index is 12.9. The lowest BCUT2D eigenvalue weighted by Gasteiger charge is -2.24. The molecule has 0 saturated carbocycles. The third-order valence-electron chi connectivity index (χ3n) is 15.9. The third-order valence-corrected chi connectivity index (χ3v) is 16.9. The lowest BCUT2D eigenvalue weighted by atomic mass is 10.0. The molecule has 0 fully saturated rings. The van der Waals surface area contributed by atoms with Crippen molar-refractivity contribution in [1.29, 1.82) is 0 Å². The lowest BCUT2D eigenvalue weighted by Crippen LogP contribution is -2.37. The summed E-state index contributed by atoms with van der Waals surface area (Å²) in [6.07, 6.45) is 114. The first kappa shape index (κ1) is 91.1. The number of nitrogens with zero attached hydrogens (tertiary/aromatic N) is 1. The highest BCUT2D eigenvalue weighted by molar-refractivity contribution is 7.47. The van der Waals surface area contributed by atoms with Crippen LogP contribution in [0.4, 0.5) is 0 Å². The lowest BCUT2D eigenvalue weighted by molar-refractivity contribution is -0.870. The maximum absolute atomic E-state index is 12.9. The van der Waals surface area contributed by atoms with Crippen LogP contribution >= 0.6 is 7.82 Å². The standard InChI is InChI=1S/C86H142NO8P/c1-6-8-10-12-14-16-18-20-22-24-26-28-30-32-34-36-38-40-42-43-45-47-49-51-53-55-57-59-61-63-65-67-69-71-73-75-77-79-86(89)95-84(83-94-96(90,91)93-81-80-87(3,4)5)82-92-85(88)78-76-74-72-70-68-66-64-62-60-58-56-54-52-50-48-46-44-41-39-37-35-33-31-29-27-25-23-21-19-17-15-13-11-9-7-2/h8-11,14-17,20-23,26-29,32-35,38,40,43,45,49,51,55,57,61,63,84H,6-7,12-13,18-19,24-25,30-31,36-37,39,41-42,44,46-48,50,52-54,56,58-60,62,64-83H2,1-5H3/p+1/b10-8-,11-9-,16-14-,17-15-,22-20-,23-21-,28-26-,29-27-,34-32-,35-33-,40-38-,45-43-,51-49-,57-55-,63-61-. The number of esters is 2. The van der Waals surface area contributed by atoms with Gasteiger partial charge in [0.25, 0.3) is 0 Å². The molecule has 544 valence electrons. The van der Waals surface area contributed by atoms with E-state index < -0.39 is 26.5 Å². The topological polar surface area (TPSA) is 108 Å². The first-order chi connectivity index (χ1) is 47.0. The number of allylic oxidation sites excluding steroid dienone is 30. The van der Waals surface area contributed by atoms with Crippen LogP contribution in [-0.2, 0) is 32.7 Å². The molecule has 0 aromatic heterocycles. The summed E-state index contributed by atoms with van der Waals surface area (Å²) in [5.41, 5.74) is 0. The first-order valence-corrected chi connectivity index (χ1v) is 40.0. The van der Waals surface area contributed by atoms with Crippen molar-refractivity contribution in [3.05, 3.63) is 182 Å². The number of carbonyl (C=O) groups excluding carboxylic acids is 2. The van der Waals surface area contributed by atoms with E-state index in [2.05, 4.69) is 196 Å². The van der Waals surface area contributed by atoms with Crippen molar-refractivity contribution in [2.45, 2.75) is 302 Å². The van der Waals surface area contributed by atoms with Crippen LogP contribution in [0.25, 0.3) is 0 Å². The van der Waals surface area contributed by atoms with E-state index >= 15 is 0 Å². The van der Waals surface area contributed by atoms with E-state index in [0.29, 0.717) is 17.4 Å². The van der Waals surface area contributed by atoms with Crippen molar-refractivity contribution in [3.8, 4) is 0 Å². The van der Waals surface area contributed by atoms with Crippen LogP contribution in [0.2, 0.25) is 0 Å². The van der Waals surface area contributed by atoms with E-state index in [1.165, 1.54) is 109 Å². The first-order valence-electron chi connectivity index (χ1n) is 38.5. The predicted octanol–water partition coefficient (Wildman–Crippen LogP) is 25.8. The number of rotatable bonds is 69. The van der Waals surface area contributed by atoms with Gasteiger partial charge in [-0.3, -0.25) is 18.6 Å². The Kier molecular flexibility index (Phi) is 70.5. The number of phosphoric ester groups is 1. The summed E-state index contributed by atoms with van der Waals surface area (Å²) >= 11 is 0. The zero-order valence-electron chi connectivity index (χ0n) is 62.0. The summed E-state index contributed by atoms with van der Waals surface area (Å²) in [5, 5.41) is 0. The number of phosphoric acid groups is 1. The van der Waals surface area contributed by atoms with Gasteiger partial charge in [0.1, 0.15) is 19.8 Å². The molecule has 0 aliphatic rings. The van der Waals surface area contributed by atoms with Gasteiger partial charge in [-0.25, -0.2) is 4.57 Å². The molecule has 0 rings (SSSR count).